The van der Waals surface area contributed by atoms with Crippen LogP contribution in [-0.4, -0.2) is 56.4 Å². The van der Waals surface area contributed by atoms with Crippen LogP contribution >= 0.6 is 0 Å². The van der Waals surface area contributed by atoms with Crippen molar-refractivity contribution >= 4 is 15.7 Å². The molecule has 1 amide bonds. The Balaban J connectivity index is 2.35. The third-order valence-electron chi connectivity index (χ3n) is 3.54. The summed E-state index contributed by atoms with van der Waals surface area (Å²) < 4.78 is 22.2. The molecule has 0 radical (unpaired) electrons. The van der Waals surface area contributed by atoms with Gasteiger partial charge in [0.05, 0.1) is 11.3 Å². The molecule has 6 heteroatoms. The van der Waals surface area contributed by atoms with E-state index in [1.54, 1.807) is 13.8 Å². The van der Waals surface area contributed by atoms with Gasteiger partial charge in [-0.15, -0.1) is 0 Å². The minimum atomic E-state index is -3.11. The third-order valence-corrected chi connectivity index (χ3v) is 5.69. The van der Waals surface area contributed by atoms with E-state index >= 15 is 0 Å². The zero-order valence-electron chi connectivity index (χ0n) is 11.5. The number of hydrogen-bond donors (Lipinski definition) is 1. The van der Waals surface area contributed by atoms with Crippen LogP contribution in [0.2, 0.25) is 0 Å². The van der Waals surface area contributed by atoms with Gasteiger partial charge < -0.3 is 10.2 Å². The second kappa shape index (κ2) is 6.02. The highest BCUT2D eigenvalue weighted by atomic mass is 32.2. The van der Waals surface area contributed by atoms with E-state index in [0.717, 1.165) is 25.9 Å². The van der Waals surface area contributed by atoms with Crippen LogP contribution in [0.3, 0.4) is 0 Å². The van der Waals surface area contributed by atoms with Gasteiger partial charge >= 0.3 is 0 Å². The van der Waals surface area contributed by atoms with E-state index in [2.05, 4.69) is 5.32 Å². The van der Waals surface area contributed by atoms with Gasteiger partial charge in [0.2, 0.25) is 5.91 Å². The monoisotopic (exact) mass is 276 g/mol. The predicted octanol–water partition coefficient (Wildman–Crippen LogP) is 0.412. The van der Waals surface area contributed by atoms with E-state index in [1.807, 2.05) is 4.90 Å². The number of likely N-dealkylation sites (tertiary alicyclic amines) is 1. The first-order valence-electron chi connectivity index (χ1n) is 6.42. The Hall–Kier alpha value is -0.620. The van der Waals surface area contributed by atoms with Gasteiger partial charge in [-0.25, -0.2) is 8.42 Å². The van der Waals surface area contributed by atoms with E-state index in [4.69, 9.17) is 0 Å². The number of nitrogens with zero attached hydrogens (tertiary/aromatic N) is 1. The fraction of sp³-hybridized carbons (Fsp3) is 0.917. The van der Waals surface area contributed by atoms with Gasteiger partial charge in [-0.1, -0.05) is 0 Å². The van der Waals surface area contributed by atoms with Crippen LogP contribution in [0.25, 0.3) is 0 Å². The van der Waals surface area contributed by atoms with Gasteiger partial charge in [-0.05, 0) is 33.1 Å². The summed E-state index contributed by atoms with van der Waals surface area (Å²) in [4.78, 5) is 13.7. The molecule has 1 rings (SSSR count). The average Bonchev–Trinajstić information content (AvgIpc) is 2.28. The first kappa shape index (κ1) is 15.4. The largest absolute Gasteiger partial charge is 0.342 e. The quantitative estimate of drug-likeness (QED) is 0.790. The molecule has 0 bridgehead atoms. The standard InChI is InChI=1S/C12H24N2O3S/c1-12(2,18(3,16)17)10-13-9-11(15)14-7-5-4-6-8-14/h13H,4-10H2,1-3H3. The normalized spacial score (nSPS) is 17.8. The minimum Gasteiger partial charge on any atom is -0.342 e. The Bertz CT molecular complexity index is 384. The number of amides is 1. The smallest absolute Gasteiger partial charge is 0.236 e. The Labute approximate surface area is 110 Å². The van der Waals surface area contributed by atoms with E-state index in [-0.39, 0.29) is 12.5 Å². The Kier molecular flexibility index (Phi) is 5.16. The lowest BCUT2D eigenvalue weighted by molar-refractivity contribution is -0.131. The molecule has 0 atom stereocenters. The lowest BCUT2D eigenvalue weighted by atomic mass is 10.1. The van der Waals surface area contributed by atoms with Gasteiger partial charge in [0.1, 0.15) is 0 Å². The van der Waals surface area contributed by atoms with Crippen molar-refractivity contribution in [3.8, 4) is 0 Å². The van der Waals surface area contributed by atoms with Crippen molar-refractivity contribution in [1.29, 1.82) is 0 Å². The first-order chi connectivity index (χ1) is 8.24. The summed E-state index contributed by atoms with van der Waals surface area (Å²) in [6.45, 7) is 5.51. The van der Waals surface area contributed by atoms with E-state index in [1.165, 1.54) is 12.7 Å². The van der Waals surface area contributed by atoms with Crippen LogP contribution in [0.15, 0.2) is 0 Å². The molecule has 1 saturated heterocycles. The lowest BCUT2D eigenvalue weighted by Crippen LogP contribution is -2.46. The van der Waals surface area contributed by atoms with Crippen LogP contribution in [0.5, 0.6) is 0 Å². The van der Waals surface area contributed by atoms with Crippen molar-refractivity contribution < 1.29 is 13.2 Å². The second-order valence-electron chi connectivity index (χ2n) is 5.58. The molecule has 0 aliphatic carbocycles. The zero-order chi connectivity index (χ0) is 13.8. The zero-order valence-corrected chi connectivity index (χ0v) is 12.3. The third kappa shape index (κ3) is 4.24. The number of piperidine rings is 1. The van der Waals surface area contributed by atoms with Gasteiger partial charge in [-0.2, -0.15) is 0 Å². The predicted molar refractivity (Wildman–Crippen MR) is 72.2 cm³/mol. The maximum absolute atomic E-state index is 11.8. The Morgan fingerprint density at radius 1 is 1.22 bits per heavy atom. The molecule has 18 heavy (non-hydrogen) atoms. The molecule has 0 saturated carbocycles. The van der Waals surface area contributed by atoms with Crippen LogP contribution in [0.4, 0.5) is 0 Å². The molecule has 0 aromatic carbocycles. The van der Waals surface area contributed by atoms with Crippen LogP contribution < -0.4 is 5.32 Å². The van der Waals surface area contributed by atoms with Crippen molar-refractivity contribution in [2.24, 2.45) is 0 Å². The van der Waals surface area contributed by atoms with Gasteiger partial charge in [0.25, 0.3) is 0 Å². The fourth-order valence-corrected chi connectivity index (χ4v) is 2.22. The average molecular weight is 276 g/mol. The highest BCUT2D eigenvalue weighted by Gasteiger charge is 2.30. The summed E-state index contributed by atoms with van der Waals surface area (Å²) in [6.07, 6.45) is 4.56. The number of carbonyl (C=O) groups excluding carboxylic acids is 1. The number of carbonyl (C=O) groups is 1. The summed E-state index contributed by atoms with van der Waals surface area (Å²) in [5.74, 6) is 0.0685. The first-order valence-corrected chi connectivity index (χ1v) is 8.31. The number of rotatable bonds is 5. The molecular formula is C12H24N2O3S. The molecule has 106 valence electrons. The maximum atomic E-state index is 11.8. The second-order valence-corrected chi connectivity index (χ2v) is 8.23. The molecule has 1 fully saturated rings. The number of nitrogens with one attached hydrogen (secondary N) is 1. The van der Waals surface area contributed by atoms with Crippen LogP contribution in [-0.2, 0) is 14.6 Å². The van der Waals surface area contributed by atoms with Crippen LogP contribution in [0, 0.1) is 0 Å². The van der Waals surface area contributed by atoms with E-state index in [0.29, 0.717) is 6.54 Å². The molecule has 1 aliphatic heterocycles. The molecule has 1 heterocycles. The molecule has 0 unspecified atom stereocenters. The summed E-state index contributed by atoms with van der Waals surface area (Å²) in [5.41, 5.74) is 0. The summed E-state index contributed by atoms with van der Waals surface area (Å²) >= 11 is 0. The number of hydrogen-bond acceptors (Lipinski definition) is 4. The van der Waals surface area contributed by atoms with Crippen LogP contribution in [0.1, 0.15) is 33.1 Å². The van der Waals surface area contributed by atoms with Crippen molar-refractivity contribution in [2.75, 3.05) is 32.4 Å². The molecule has 0 aromatic heterocycles. The number of sulfone groups is 1. The molecule has 0 spiro atoms. The van der Waals surface area contributed by atoms with E-state index in [9.17, 15) is 13.2 Å². The fourth-order valence-electron chi connectivity index (χ4n) is 1.86. The molecular weight excluding hydrogens is 252 g/mol. The SMILES string of the molecule is CC(C)(CNCC(=O)N1CCCCC1)S(C)(=O)=O. The lowest BCUT2D eigenvalue weighted by Gasteiger charge is -2.28. The van der Waals surface area contributed by atoms with Crippen molar-refractivity contribution in [3.63, 3.8) is 0 Å². The molecule has 1 aliphatic rings. The van der Waals surface area contributed by atoms with E-state index < -0.39 is 14.6 Å². The summed E-state index contributed by atoms with van der Waals surface area (Å²) in [6, 6.07) is 0. The highest BCUT2D eigenvalue weighted by molar-refractivity contribution is 7.92. The maximum Gasteiger partial charge on any atom is 0.236 e. The summed E-state index contributed by atoms with van der Waals surface area (Å²) in [7, 11) is -3.11. The van der Waals surface area contributed by atoms with Crippen molar-refractivity contribution in [1.82, 2.24) is 10.2 Å². The van der Waals surface area contributed by atoms with Gasteiger partial charge in [0.15, 0.2) is 9.84 Å². The minimum absolute atomic E-state index is 0.0685. The van der Waals surface area contributed by atoms with Gasteiger partial charge in [0, 0.05) is 25.9 Å². The topological polar surface area (TPSA) is 66.5 Å². The Morgan fingerprint density at radius 3 is 2.28 bits per heavy atom. The summed E-state index contributed by atoms with van der Waals surface area (Å²) in [5, 5.41) is 2.96. The van der Waals surface area contributed by atoms with Crippen molar-refractivity contribution in [2.45, 2.75) is 37.9 Å². The van der Waals surface area contributed by atoms with Gasteiger partial charge in [-0.3, -0.25) is 4.79 Å². The molecule has 1 N–H and O–H groups in total. The Morgan fingerprint density at radius 2 is 1.78 bits per heavy atom. The molecule has 0 aromatic rings. The highest BCUT2D eigenvalue weighted by Crippen LogP contribution is 2.13. The molecule has 5 nitrogen and oxygen atoms in total. The van der Waals surface area contributed by atoms with Crippen molar-refractivity contribution in [3.05, 3.63) is 0 Å².